The molecular weight excluding hydrogens is 221 g/mol. The van der Waals surface area contributed by atoms with Gasteiger partial charge in [-0.2, -0.15) is 4.98 Å². The number of hydrogen-bond donors (Lipinski definition) is 2. The molecule has 6 heteroatoms. The molecule has 1 aromatic heterocycles. The maximum absolute atomic E-state index is 13.2. The molecule has 2 N–H and O–H groups in total. The Labute approximate surface area is 92.5 Å². The van der Waals surface area contributed by atoms with E-state index in [-0.39, 0.29) is 17.1 Å². The van der Waals surface area contributed by atoms with Crippen LogP contribution in [0, 0.1) is 5.82 Å². The summed E-state index contributed by atoms with van der Waals surface area (Å²) >= 11 is 5.53. The van der Waals surface area contributed by atoms with E-state index in [0.717, 1.165) is 6.20 Å². The number of anilines is 1. The molecule has 0 saturated carbocycles. The Kier molecular flexibility index (Phi) is 4.23. The first-order valence-corrected chi connectivity index (χ1v) is 5.05. The van der Waals surface area contributed by atoms with Crippen molar-refractivity contribution in [1.82, 2.24) is 9.97 Å². The number of aromatic nitrogens is 2. The summed E-state index contributed by atoms with van der Waals surface area (Å²) < 4.78 is 13.2. The van der Waals surface area contributed by atoms with Gasteiger partial charge >= 0.3 is 0 Å². The van der Waals surface area contributed by atoms with Crippen molar-refractivity contribution < 1.29 is 9.50 Å². The summed E-state index contributed by atoms with van der Waals surface area (Å²) in [5.41, 5.74) is 0. The van der Waals surface area contributed by atoms with Crippen LogP contribution in [0.2, 0.25) is 5.28 Å². The topological polar surface area (TPSA) is 58.0 Å². The molecule has 0 fully saturated rings. The van der Waals surface area contributed by atoms with Crippen LogP contribution in [0.25, 0.3) is 0 Å². The molecule has 1 rings (SSSR count). The predicted molar refractivity (Wildman–Crippen MR) is 56.4 cm³/mol. The fraction of sp³-hybridized carbons (Fsp3) is 0.556. The summed E-state index contributed by atoms with van der Waals surface area (Å²) in [6.45, 7) is 3.51. The van der Waals surface area contributed by atoms with Gasteiger partial charge in [0, 0.05) is 0 Å². The van der Waals surface area contributed by atoms with E-state index in [0.29, 0.717) is 6.42 Å². The summed E-state index contributed by atoms with van der Waals surface area (Å²) in [6, 6.07) is -0.259. The van der Waals surface area contributed by atoms with Gasteiger partial charge in [0.2, 0.25) is 5.28 Å². The third kappa shape index (κ3) is 3.28. The zero-order valence-corrected chi connectivity index (χ0v) is 9.29. The summed E-state index contributed by atoms with van der Waals surface area (Å²) in [7, 11) is 0. The van der Waals surface area contributed by atoms with Crippen LogP contribution >= 0.6 is 11.6 Å². The van der Waals surface area contributed by atoms with Gasteiger partial charge in [0.15, 0.2) is 11.6 Å². The van der Waals surface area contributed by atoms with E-state index >= 15 is 0 Å². The molecule has 0 aromatic carbocycles. The molecule has 1 heterocycles. The Bertz CT molecular complexity index is 335. The van der Waals surface area contributed by atoms with Crippen LogP contribution in [-0.4, -0.2) is 27.2 Å². The van der Waals surface area contributed by atoms with Crippen LogP contribution in [0.4, 0.5) is 10.2 Å². The van der Waals surface area contributed by atoms with Crippen molar-refractivity contribution in [2.45, 2.75) is 32.4 Å². The van der Waals surface area contributed by atoms with Crippen LogP contribution in [0.3, 0.4) is 0 Å². The Morgan fingerprint density at radius 1 is 1.67 bits per heavy atom. The molecule has 4 nitrogen and oxygen atoms in total. The van der Waals surface area contributed by atoms with Crippen molar-refractivity contribution in [2.24, 2.45) is 0 Å². The molecule has 0 amide bonds. The Morgan fingerprint density at radius 3 is 2.87 bits per heavy atom. The molecule has 0 spiro atoms. The molecule has 0 bridgehead atoms. The number of nitrogens with zero attached hydrogens (tertiary/aromatic N) is 2. The normalized spacial score (nSPS) is 14.7. The zero-order valence-electron chi connectivity index (χ0n) is 8.54. The monoisotopic (exact) mass is 233 g/mol. The van der Waals surface area contributed by atoms with E-state index in [1.54, 1.807) is 6.92 Å². The average molecular weight is 234 g/mol. The van der Waals surface area contributed by atoms with Crippen molar-refractivity contribution in [3.05, 3.63) is 17.3 Å². The van der Waals surface area contributed by atoms with Gasteiger partial charge in [-0.05, 0) is 24.9 Å². The maximum atomic E-state index is 13.2. The van der Waals surface area contributed by atoms with Gasteiger partial charge in [0.25, 0.3) is 0 Å². The lowest BCUT2D eigenvalue weighted by Gasteiger charge is -2.20. The highest BCUT2D eigenvalue weighted by atomic mass is 35.5. The van der Waals surface area contributed by atoms with Crippen LogP contribution in [0.1, 0.15) is 20.3 Å². The second-order valence-electron chi connectivity index (χ2n) is 3.24. The zero-order chi connectivity index (χ0) is 11.4. The van der Waals surface area contributed by atoms with Gasteiger partial charge in [-0.25, -0.2) is 9.37 Å². The molecular formula is C9H13ClFN3O. The fourth-order valence-corrected chi connectivity index (χ4v) is 1.32. The summed E-state index contributed by atoms with van der Waals surface area (Å²) in [6.07, 6.45) is 1.05. The molecule has 0 radical (unpaired) electrons. The van der Waals surface area contributed by atoms with E-state index < -0.39 is 11.9 Å². The second-order valence-corrected chi connectivity index (χ2v) is 3.57. The highest BCUT2D eigenvalue weighted by Crippen LogP contribution is 2.15. The average Bonchev–Trinajstić information content (AvgIpc) is 2.18. The van der Waals surface area contributed by atoms with Gasteiger partial charge in [0.1, 0.15) is 0 Å². The van der Waals surface area contributed by atoms with Gasteiger partial charge < -0.3 is 10.4 Å². The van der Waals surface area contributed by atoms with Crippen molar-refractivity contribution in [2.75, 3.05) is 5.32 Å². The minimum Gasteiger partial charge on any atom is -0.391 e. The Morgan fingerprint density at radius 2 is 2.33 bits per heavy atom. The molecule has 84 valence electrons. The third-order valence-corrected chi connectivity index (χ3v) is 2.24. The van der Waals surface area contributed by atoms with Gasteiger partial charge in [-0.3, -0.25) is 0 Å². The van der Waals surface area contributed by atoms with E-state index in [1.165, 1.54) is 0 Å². The maximum Gasteiger partial charge on any atom is 0.224 e. The smallest absolute Gasteiger partial charge is 0.224 e. The summed E-state index contributed by atoms with van der Waals surface area (Å²) in [5, 5.41) is 12.1. The summed E-state index contributed by atoms with van der Waals surface area (Å²) in [5.74, 6) is -0.568. The first-order chi connectivity index (χ1) is 7.04. The quantitative estimate of drug-likeness (QED) is 0.780. The van der Waals surface area contributed by atoms with Gasteiger partial charge in [0.05, 0.1) is 18.3 Å². The van der Waals surface area contributed by atoms with Crippen LogP contribution in [0.15, 0.2) is 6.20 Å². The largest absolute Gasteiger partial charge is 0.391 e. The molecule has 0 aliphatic rings. The molecule has 0 saturated heterocycles. The minimum absolute atomic E-state index is 0.0164. The number of nitrogens with one attached hydrogen (secondary N) is 1. The van der Waals surface area contributed by atoms with Crippen LogP contribution in [-0.2, 0) is 0 Å². The van der Waals surface area contributed by atoms with Crippen molar-refractivity contribution in [1.29, 1.82) is 0 Å². The highest BCUT2D eigenvalue weighted by Gasteiger charge is 2.15. The van der Waals surface area contributed by atoms with Gasteiger partial charge in [-0.15, -0.1) is 0 Å². The van der Waals surface area contributed by atoms with Crippen molar-refractivity contribution in [3.8, 4) is 0 Å². The standard InChI is InChI=1S/C9H13ClFN3O/c1-3-7(5(2)15)13-8-6(11)4-12-9(10)14-8/h4-5,7,15H,3H2,1-2H3,(H,12,13,14). The van der Waals surface area contributed by atoms with Gasteiger partial charge in [-0.1, -0.05) is 6.92 Å². The van der Waals surface area contributed by atoms with Crippen LogP contribution < -0.4 is 5.32 Å². The second kappa shape index (κ2) is 5.23. The lowest BCUT2D eigenvalue weighted by molar-refractivity contribution is 0.169. The molecule has 0 aliphatic carbocycles. The molecule has 2 unspecified atom stereocenters. The Hall–Kier alpha value is -0.940. The van der Waals surface area contributed by atoms with E-state index in [4.69, 9.17) is 11.6 Å². The molecule has 1 aromatic rings. The van der Waals surface area contributed by atoms with Crippen LogP contribution in [0.5, 0.6) is 0 Å². The lowest BCUT2D eigenvalue weighted by atomic mass is 10.1. The SMILES string of the molecule is CCC(Nc1nc(Cl)ncc1F)C(C)O. The lowest BCUT2D eigenvalue weighted by Crippen LogP contribution is -2.31. The van der Waals surface area contributed by atoms with Crippen molar-refractivity contribution in [3.63, 3.8) is 0 Å². The molecule has 2 atom stereocenters. The number of aliphatic hydroxyl groups is 1. The number of halogens is 2. The minimum atomic E-state index is -0.594. The van der Waals surface area contributed by atoms with Crippen molar-refractivity contribution >= 4 is 17.4 Å². The van der Waals surface area contributed by atoms with E-state index in [9.17, 15) is 9.50 Å². The number of aliphatic hydroxyl groups excluding tert-OH is 1. The first kappa shape index (κ1) is 12.1. The number of rotatable bonds is 4. The Balaban J connectivity index is 2.82. The van der Waals surface area contributed by atoms with E-state index in [2.05, 4.69) is 15.3 Å². The first-order valence-electron chi connectivity index (χ1n) is 4.67. The van der Waals surface area contributed by atoms with E-state index in [1.807, 2.05) is 6.92 Å². The number of hydrogen-bond acceptors (Lipinski definition) is 4. The fourth-order valence-electron chi connectivity index (χ4n) is 1.19. The predicted octanol–water partition coefficient (Wildman–Crippen LogP) is 1.84. The highest BCUT2D eigenvalue weighted by molar-refractivity contribution is 6.28. The third-order valence-electron chi connectivity index (χ3n) is 2.06. The molecule has 15 heavy (non-hydrogen) atoms. The molecule has 0 aliphatic heterocycles. The summed E-state index contributed by atoms with van der Waals surface area (Å²) in [4.78, 5) is 7.19.